The second-order valence-electron chi connectivity index (χ2n) is 7.17. The van der Waals surface area contributed by atoms with E-state index >= 15 is 0 Å². The second-order valence-corrected chi connectivity index (χ2v) is 7.61. The van der Waals surface area contributed by atoms with Gasteiger partial charge in [0, 0.05) is 24.5 Å². The zero-order valence-corrected chi connectivity index (χ0v) is 14.5. The van der Waals surface area contributed by atoms with Crippen molar-refractivity contribution in [3.8, 4) is 0 Å². The fourth-order valence-electron chi connectivity index (χ4n) is 4.10. The van der Waals surface area contributed by atoms with Crippen LogP contribution in [0.3, 0.4) is 0 Å². The molecule has 24 heavy (non-hydrogen) atoms. The summed E-state index contributed by atoms with van der Waals surface area (Å²) in [7, 11) is 0. The van der Waals surface area contributed by atoms with E-state index in [0.717, 1.165) is 18.7 Å². The molecular formula is C19H24ClNO3. The molecule has 5 heteroatoms. The highest BCUT2D eigenvalue weighted by Crippen LogP contribution is 2.36. The summed E-state index contributed by atoms with van der Waals surface area (Å²) >= 11 is 5.86. The van der Waals surface area contributed by atoms with Crippen molar-refractivity contribution in [2.75, 3.05) is 13.1 Å². The predicted octanol–water partition coefficient (Wildman–Crippen LogP) is 3.62. The van der Waals surface area contributed by atoms with Gasteiger partial charge in [-0.1, -0.05) is 36.6 Å². The number of rotatable bonds is 5. The molecule has 2 aliphatic rings. The molecule has 0 spiro atoms. The van der Waals surface area contributed by atoms with Crippen LogP contribution in [0.4, 0.5) is 0 Å². The largest absolute Gasteiger partial charge is 0.481 e. The van der Waals surface area contributed by atoms with Gasteiger partial charge in [-0.25, -0.2) is 0 Å². The van der Waals surface area contributed by atoms with Gasteiger partial charge in [0.15, 0.2) is 0 Å². The number of hydrogen-bond donors (Lipinski definition) is 1. The van der Waals surface area contributed by atoms with E-state index in [-0.39, 0.29) is 12.3 Å². The Hall–Kier alpha value is -1.55. The molecular weight excluding hydrogens is 326 g/mol. The number of nitrogens with zero attached hydrogens (tertiary/aromatic N) is 1. The number of aliphatic carboxylic acids is 1. The van der Waals surface area contributed by atoms with Crippen molar-refractivity contribution < 1.29 is 14.7 Å². The fourth-order valence-corrected chi connectivity index (χ4v) is 4.23. The molecule has 1 heterocycles. The summed E-state index contributed by atoms with van der Waals surface area (Å²) in [6.07, 6.45) is 5.38. The van der Waals surface area contributed by atoms with Crippen molar-refractivity contribution in [1.82, 2.24) is 4.90 Å². The zero-order valence-electron chi connectivity index (χ0n) is 13.8. The Bertz CT molecular complexity index is 587. The summed E-state index contributed by atoms with van der Waals surface area (Å²) in [4.78, 5) is 26.1. The van der Waals surface area contributed by atoms with Crippen molar-refractivity contribution in [2.45, 2.75) is 38.5 Å². The number of fused-ring (bicyclic) bond motifs is 1. The van der Waals surface area contributed by atoms with Gasteiger partial charge in [0.2, 0.25) is 5.91 Å². The number of carboxylic acid groups (broad SMARTS) is 1. The summed E-state index contributed by atoms with van der Waals surface area (Å²) in [6, 6.07) is 7.16. The number of halogens is 1. The van der Waals surface area contributed by atoms with E-state index in [1.807, 2.05) is 17.0 Å². The summed E-state index contributed by atoms with van der Waals surface area (Å²) in [5.41, 5.74) is 0.898. The first kappa shape index (κ1) is 17.3. The average Bonchev–Trinajstić information content (AvgIpc) is 3.00. The molecule has 1 aliphatic heterocycles. The van der Waals surface area contributed by atoms with Crippen molar-refractivity contribution in [1.29, 1.82) is 0 Å². The summed E-state index contributed by atoms with van der Waals surface area (Å²) in [6.45, 7) is 1.63. The van der Waals surface area contributed by atoms with Crippen LogP contribution in [0.5, 0.6) is 0 Å². The molecule has 130 valence electrons. The van der Waals surface area contributed by atoms with Gasteiger partial charge in [0.05, 0.1) is 5.92 Å². The van der Waals surface area contributed by atoms with Gasteiger partial charge in [-0.05, 0) is 48.8 Å². The van der Waals surface area contributed by atoms with Crippen molar-refractivity contribution in [2.24, 2.45) is 17.8 Å². The molecule has 3 atom stereocenters. The minimum Gasteiger partial charge on any atom is -0.481 e. The minimum atomic E-state index is -0.907. The standard InChI is InChI=1S/C19H24ClNO3/c20-17-7-5-13(6-8-17)9-16(19(23)24)10-18(22)21-11-14-3-1-2-4-15(14)12-21/h5-8,14-16H,1-4,9-12H2,(H,23,24)/t14-,15+,16?. The van der Waals surface area contributed by atoms with E-state index in [2.05, 4.69) is 0 Å². The molecule has 1 amide bonds. The predicted molar refractivity (Wildman–Crippen MR) is 92.9 cm³/mol. The van der Waals surface area contributed by atoms with Crippen molar-refractivity contribution in [3.63, 3.8) is 0 Å². The highest BCUT2D eigenvalue weighted by molar-refractivity contribution is 6.30. The smallest absolute Gasteiger partial charge is 0.307 e. The fraction of sp³-hybridized carbons (Fsp3) is 0.579. The van der Waals surface area contributed by atoms with Gasteiger partial charge in [-0.2, -0.15) is 0 Å². The first-order chi connectivity index (χ1) is 11.5. The molecule has 4 nitrogen and oxygen atoms in total. The maximum absolute atomic E-state index is 12.6. The SMILES string of the molecule is O=C(O)C(CC(=O)N1C[C@H]2CCCC[C@H]2C1)Cc1ccc(Cl)cc1. The van der Waals surface area contributed by atoms with Crippen molar-refractivity contribution >= 4 is 23.5 Å². The maximum atomic E-state index is 12.6. The van der Waals surface area contributed by atoms with Crippen LogP contribution >= 0.6 is 11.6 Å². The number of carboxylic acids is 1. The molecule has 1 N–H and O–H groups in total. The van der Waals surface area contributed by atoms with E-state index in [4.69, 9.17) is 11.6 Å². The Morgan fingerprint density at radius 1 is 1.12 bits per heavy atom. The van der Waals surface area contributed by atoms with Crippen LogP contribution in [0.2, 0.25) is 5.02 Å². The lowest BCUT2D eigenvalue weighted by Crippen LogP contribution is -2.33. The molecule has 1 aliphatic carbocycles. The van der Waals surface area contributed by atoms with Gasteiger partial charge in [-0.3, -0.25) is 9.59 Å². The quantitative estimate of drug-likeness (QED) is 0.883. The normalized spacial score (nSPS) is 24.5. The Labute approximate surface area is 147 Å². The molecule has 0 radical (unpaired) electrons. The Kier molecular flexibility index (Phi) is 5.44. The highest BCUT2D eigenvalue weighted by atomic mass is 35.5. The number of carbonyl (C=O) groups excluding carboxylic acids is 1. The summed E-state index contributed by atoms with van der Waals surface area (Å²) < 4.78 is 0. The molecule has 0 aromatic heterocycles. The van der Waals surface area contributed by atoms with Crippen LogP contribution in [-0.4, -0.2) is 35.0 Å². The third kappa shape index (κ3) is 4.10. The molecule has 1 saturated heterocycles. The van der Waals surface area contributed by atoms with Gasteiger partial charge in [0.25, 0.3) is 0 Å². The number of amides is 1. The molecule has 2 fully saturated rings. The highest BCUT2D eigenvalue weighted by Gasteiger charge is 2.37. The Morgan fingerprint density at radius 3 is 2.25 bits per heavy atom. The lowest BCUT2D eigenvalue weighted by molar-refractivity contribution is -0.145. The molecule has 1 unspecified atom stereocenters. The van der Waals surface area contributed by atoms with Crippen LogP contribution in [0.25, 0.3) is 0 Å². The number of carbonyl (C=O) groups is 2. The van der Waals surface area contributed by atoms with E-state index in [0.29, 0.717) is 23.3 Å². The first-order valence-corrected chi connectivity index (χ1v) is 9.15. The zero-order chi connectivity index (χ0) is 17.1. The van der Waals surface area contributed by atoms with Crippen LogP contribution < -0.4 is 0 Å². The third-order valence-corrected chi connectivity index (χ3v) is 5.75. The lowest BCUT2D eigenvalue weighted by atomic mass is 9.82. The van der Waals surface area contributed by atoms with E-state index in [9.17, 15) is 14.7 Å². The Morgan fingerprint density at radius 2 is 1.71 bits per heavy atom. The average molecular weight is 350 g/mol. The maximum Gasteiger partial charge on any atom is 0.307 e. The molecule has 1 saturated carbocycles. The van der Waals surface area contributed by atoms with E-state index in [1.54, 1.807) is 12.1 Å². The number of benzene rings is 1. The summed E-state index contributed by atoms with van der Waals surface area (Å²) in [5, 5.41) is 10.1. The van der Waals surface area contributed by atoms with Crippen molar-refractivity contribution in [3.05, 3.63) is 34.9 Å². The van der Waals surface area contributed by atoms with Crippen LogP contribution in [-0.2, 0) is 16.0 Å². The number of likely N-dealkylation sites (tertiary alicyclic amines) is 1. The van der Waals surface area contributed by atoms with Crippen LogP contribution in [0, 0.1) is 17.8 Å². The van der Waals surface area contributed by atoms with E-state index < -0.39 is 11.9 Å². The molecule has 1 aromatic rings. The Balaban J connectivity index is 1.59. The second kappa shape index (κ2) is 7.56. The van der Waals surface area contributed by atoms with E-state index in [1.165, 1.54) is 25.7 Å². The van der Waals surface area contributed by atoms with Crippen LogP contribution in [0.15, 0.2) is 24.3 Å². The topological polar surface area (TPSA) is 57.6 Å². The van der Waals surface area contributed by atoms with Gasteiger partial charge in [0.1, 0.15) is 0 Å². The monoisotopic (exact) mass is 349 g/mol. The first-order valence-electron chi connectivity index (χ1n) is 8.78. The summed E-state index contributed by atoms with van der Waals surface area (Å²) in [5.74, 6) is -0.341. The number of hydrogen-bond acceptors (Lipinski definition) is 2. The molecule has 1 aromatic carbocycles. The van der Waals surface area contributed by atoms with Gasteiger partial charge < -0.3 is 10.0 Å². The molecule has 0 bridgehead atoms. The van der Waals surface area contributed by atoms with Gasteiger partial charge in [-0.15, -0.1) is 0 Å². The lowest BCUT2D eigenvalue weighted by Gasteiger charge is -2.22. The third-order valence-electron chi connectivity index (χ3n) is 5.49. The minimum absolute atomic E-state index is 0.00855. The molecule has 3 rings (SSSR count). The van der Waals surface area contributed by atoms with Crippen LogP contribution in [0.1, 0.15) is 37.7 Å². The van der Waals surface area contributed by atoms with Gasteiger partial charge >= 0.3 is 5.97 Å².